The van der Waals surface area contributed by atoms with E-state index >= 15 is 0 Å². The Morgan fingerprint density at radius 3 is 2.28 bits per heavy atom. The standard InChI is InChI=1S/C20H25NO3S/c1-20(2,3)14-6-9-16(10-7-14)25-13-19(22)21-17-11-8-15(23-4)12-18(17)24-5/h6-12H,13H2,1-5H3,(H,21,22). The van der Waals surface area contributed by atoms with Crippen LogP contribution in [-0.2, 0) is 10.2 Å². The first-order chi connectivity index (χ1) is 11.8. The largest absolute Gasteiger partial charge is 0.497 e. The molecule has 0 saturated heterocycles. The number of methoxy groups -OCH3 is 2. The Kier molecular flexibility index (Phi) is 6.37. The van der Waals surface area contributed by atoms with Gasteiger partial charge >= 0.3 is 0 Å². The smallest absolute Gasteiger partial charge is 0.234 e. The van der Waals surface area contributed by atoms with Crippen molar-refractivity contribution in [2.75, 3.05) is 25.3 Å². The zero-order valence-electron chi connectivity index (χ0n) is 15.4. The van der Waals surface area contributed by atoms with Crippen LogP contribution in [0.15, 0.2) is 47.4 Å². The van der Waals surface area contributed by atoms with Crippen LogP contribution in [0.1, 0.15) is 26.3 Å². The van der Waals surface area contributed by atoms with E-state index in [4.69, 9.17) is 9.47 Å². The molecule has 2 aromatic rings. The van der Waals surface area contributed by atoms with E-state index < -0.39 is 0 Å². The maximum atomic E-state index is 12.2. The van der Waals surface area contributed by atoms with Gasteiger partial charge in [-0.2, -0.15) is 0 Å². The summed E-state index contributed by atoms with van der Waals surface area (Å²) >= 11 is 1.51. The Morgan fingerprint density at radius 1 is 1.04 bits per heavy atom. The average molecular weight is 359 g/mol. The summed E-state index contributed by atoms with van der Waals surface area (Å²) in [5.41, 5.74) is 2.05. The van der Waals surface area contributed by atoms with E-state index in [2.05, 4.69) is 50.4 Å². The van der Waals surface area contributed by atoms with Gasteiger partial charge in [0.05, 0.1) is 25.7 Å². The number of rotatable bonds is 6. The lowest BCUT2D eigenvalue weighted by Crippen LogP contribution is -2.14. The molecule has 1 N–H and O–H groups in total. The Balaban J connectivity index is 1.95. The van der Waals surface area contributed by atoms with Crippen LogP contribution in [0.2, 0.25) is 0 Å². The number of benzene rings is 2. The van der Waals surface area contributed by atoms with E-state index in [9.17, 15) is 4.79 Å². The molecule has 25 heavy (non-hydrogen) atoms. The lowest BCUT2D eigenvalue weighted by atomic mass is 9.87. The van der Waals surface area contributed by atoms with Crippen molar-refractivity contribution in [2.24, 2.45) is 0 Å². The van der Waals surface area contributed by atoms with Gasteiger partial charge in [0.1, 0.15) is 11.5 Å². The van der Waals surface area contributed by atoms with E-state index in [1.807, 2.05) is 0 Å². The second-order valence-electron chi connectivity index (χ2n) is 6.68. The van der Waals surface area contributed by atoms with Gasteiger partial charge in [-0.15, -0.1) is 11.8 Å². The molecule has 0 saturated carbocycles. The quantitative estimate of drug-likeness (QED) is 0.757. The third-order valence-electron chi connectivity index (χ3n) is 3.77. The van der Waals surface area contributed by atoms with Crippen LogP contribution in [0.4, 0.5) is 5.69 Å². The first-order valence-electron chi connectivity index (χ1n) is 8.08. The van der Waals surface area contributed by atoms with E-state index in [1.165, 1.54) is 17.3 Å². The van der Waals surface area contributed by atoms with Crippen LogP contribution < -0.4 is 14.8 Å². The number of anilines is 1. The first-order valence-corrected chi connectivity index (χ1v) is 9.07. The minimum absolute atomic E-state index is 0.0756. The molecule has 0 fully saturated rings. The molecule has 1 amide bonds. The SMILES string of the molecule is COc1ccc(NC(=O)CSc2ccc(C(C)(C)C)cc2)c(OC)c1. The molecule has 0 spiro atoms. The van der Waals surface area contributed by atoms with Crippen molar-refractivity contribution in [1.29, 1.82) is 0 Å². The van der Waals surface area contributed by atoms with E-state index in [1.54, 1.807) is 32.4 Å². The molecule has 2 rings (SSSR count). The van der Waals surface area contributed by atoms with Gasteiger partial charge in [0.25, 0.3) is 0 Å². The Morgan fingerprint density at radius 2 is 1.72 bits per heavy atom. The molecule has 5 heteroatoms. The van der Waals surface area contributed by atoms with Crippen LogP contribution in [0, 0.1) is 0 Å². The molecule has 0 radical (unpaired) electrons. The highest BCUT2D eigenvalue weighted by Gasteiger charge is 2.13. The molecule has 0 atom stereocenters. The fourth-order valence-corrected chi connectivity index (χ4v) is 2.99. The Hall–Kier alpha value is -2.14. The summed E-state index contributed by atoms with van der Waals surface area (Å²) in [5, 5.41) is 2.88. The highest BCUT2D eigenvalue weighted by atomic mass is 32.2. The number of hydrogen-bond donors (Lipinski definition) is 1. The lowest BCUT2D eigenvalue weighted by Gasteiger charge is -2.19. The summed E-state index contributed by atoms with van der Waals surface area (Å²) in [5.74, 6) is 1.52. The van der Waals surface area contributed by atoms with E-state index in [0.717, 1.165) is 4.90 Å². The van der Waals surface area contributed by atoms with Crippen molar-refractivity contribution in [3.05, 3.63) is 48.0 Å². The fraction of sp³-hybridized carbons (Fsp3) is 0.350. The summed E-state index contributed by atoms with van der Waals surface area (Å²) in [7, 11) is 3.16. The first kappa shape index (κ1) is 19.2. The maximum absolute atomic E-state index is 12.2. The third-order valence-corrected chi connectivity index (χ3v) is 4.79. The molecule has 134 valence electrons. The van der Waals surface area contributed by atoms with Gasteiger partial charge < -0.3 is 14.8 Å². The predicted molar refractivity (Wildman–Crippen MR) is 104 cm³/mol. The Bertz CT molecular complexity index is 721. The van der Waals surface area contributed by atoms with Crippen LogP contribution in [0.5, 0.6) is 11.5 Å². The minimum Gasteiger partial charge on any atom is -0.497 e. The van der Waals surface area contributed by atoms with Gasteiger partial charge in [-0.3, -0.25) is 4.79 Å². The Labute approximate surface area is 153 Å². The summed E-state index contributed by atoms with van der Waals surface area (Å²) in [6.07, 6.45) is 0. The number of ether oxygens (including phenoxy) is 2. The topological polar surface area (TPSA) is 47.6 Å². The number of amides is 1. The summed E-state index contributed by atoms with van der Waals surface area (Å²) in [4.78, 5) is 13.3. The number of carbonyl (C=O) groups is 1. The molecule has 2 aromatic carbocycles. The van der Waals surface area contributed by atoms with Crippen molar-refractivity contribution < 1.29 is 14.3 Å². The molecule has 0 aliphatic carbocycles. The number of thioether (sulfide) groups is 1. The monoisotopic (exact) mass is 359 g/mol. The van der Waals surface area contributed by atoms with Gasteiger partial charge in [0.2, 0.25) is 5.91 Å². The van der Waals surface area contributed by atoms with Crippen LogP contribution >= 0.6 is 11.8 Å². The highest BCUT2D eigenvalue weighted by Crippen LogP contribution is 2.30. The highest BCUT2D eigenvalue weighted by molar-refractivity contribution is 8.00. The molecular weight excluding hydrogens is 334 g/mol. The number of hydrogen-bond acceptors (Lipinski definition) is 4. The summed E-state index contributed by atoms with van der Waals surface area (Å²) in [6.45, 7) is 6.56. The summed E-state index contributed by atoms with van der Waals surface area (Å²) < 4.78 is 10.5. The van der Waals surface area contributed by atoms with Gasteiger partial charge in [-0.05, 0) is 35.2 Å². The zero-order chi connectivity index (χ0) is 18.4. The maximum Gasteiger partial charge on any atom is 0.234 e. The van der Waals surface area contributed by atoms with Crippen LogP contribution in [-0.4, -0.2) is 25.9 Å². The fourth-order valence-electron chi connectivity index (χ4n) is 2.29. The van der Waals surface area contributed by atoms with Crippen molar-refractivity contribution in [3.63, 3.8) is 0 Å². The van der Waals surface area contributed by atoms with Crippen molar-refractivity contribution in [1.82, 2.24) is 0 Å². The lowest BCUT2D eigenvalue weighted by molar-refractivity contribution is -0.113. The van der Waals surface area contributed by atoms with Crippen molar-refractivity contribution in [2.45, 2.75) is 31.1 Å². The van der Waals surface area contributed by atoms with E-state index in [0.29, 0.717) is 22.9 Å². The van der Waals surface area contributed by atoms with Crippen molar-refractivity contribution in [3.8, 4) is 11.5 Å². The second kappa shape index (κ2) is 8.30. The van der Waals surface area contributed by atoms with Gasteiger partial charge in [-0.25, -0.2) is 0 Å². The minimum atomic E-state index is -0.0756. The van der Waals surface area contributed by atoms with E-state index in [-0.39, 0.29) is 11.3 Å². The van der Waals surface area contributed by atoms with Gasteiger partial charge in [0, 0.05) is 11.0 Å². The molecule has 4 nitrogen and oxygen atoms in total. The normalized spacial score (nSPS) is 11.1. The zero-order valence-corrected chi connectivity index (χ0v) is 16.2. The number of nitrogens with one attached hydrogen (secondary N) is 1. The molecule has 0 unspecified atom stereocenters. The molecule has 0 aromatic heterocycles. The summed E-state index contributed by atoms with van der Waals surface area (Å²) in [6, 6.07) is 13.7. The average Bonchev–Trinajstić information content (AvgIpc) is 2.60. The third kappa shape index (κ3) is 5.43. The second-order valence-corrected chi connectivity index (χ2v) is 7.73. The van der Waals surface area contributed by atoms with Crippen LogP contribution in [0.25, 0.3) is 0 Å². The molecular formula is C20H25NO3S. The van der Waals surface area contributed by atoms with Crippen LogP contribution in [0.3, 0.4) is 0 Å². The van der Waals surface area contributed by atoms with Gasteiger partial charge in [-0.1, -0.05) is 32.9 Å². The van der Waals surface area contributed by atoms with Crippen molar-refractivity contribution >= 4 is 23.4 Å². The molecule has 0 heterocycles. The number of carbonyl (C=O) groups excluding carboxylic acids is 1. The van der Waals surface area contributed by atoms with Gasteiger partial charge in [0.15, 0.2) is 0 Å². The molecule has 0 aliphatic rings. The molecule has 0 aliphatic heterocycles. The molecule has 0 bridgehead atoms. The predicted octanol–water partition coefficient (Wildman–Crippen LogP) is 4.73.